The van der Waals surface area contributed by atoms with Crippen LogP contribution in [0.3, 0.4) is 0 Å². The number of alkyl halides is 2. The Balaban J connectivity index is 0.000000316. The molecule has 0 saturated heterocycles. The zero-order chi connectivity index (χ0) is 22.8. The van der Waals surface area contributed by atoms with Crippen molar-refractivity contribution in [3.05, 3.63) is 65.2 Å². The molecule has 2 nitrogen and oxygen atoms in total. The number of carbonyl (C=O) groups is 1. The fourth-order valence-corrected chi connectivity index (χ4v) is 4.42. The van der Waals surface area contributed by atoms with Crippen LogP contribution in [0.25, 0.3) is 0 Å². The minimum absolute atomic E-state index is 0.0120. The van der Waals surface area contributed by atoms with Gasteiger partial charge in [-0.2, -0.15) is 8.78 Å². The number of hydrogen-bond acceptors (Lipinski definition) is 2. The van der Waals surface area contributed by atoms with Gasteiger partial charge in [0.15, 0.2) is 11.6 Å². The molecular weight excluding hydrogens is 428 g/mol. The lowest BCUT2D eigenvalue weighted by atomic mass is 9.77. The van der Waals surface area contributed by atoms with Crippen LogP contribution in [0.15, 0.2) is 47.4 Å². The van der Waals surface area contributed by atoms with Gasteiger partial charge in [0.1, 0.15) is 0 Å². The zero-order valence-corrected chi connectivity index (χ0v) is 18.3. The predicted octanol–water partition coefficient (Wildman–Crippen LogP) is 8.13. The Morgan fingerprint density at radius 1 is 1.03 bits per heavy atom. The molecule has 0 aliphatic heterocycles. The molecule has 1 aliphatic carbocycles. The van der Waals surface area contributed by atoms with Gasteiger partial charge in [-0.25, -0.2) is 13.6 Å². The molecular formula is C24H28F4O2S. The van der Waals surface area contributed by atoms with E-state index in [4.69, 9.17) is 5.11 Å². The van der Waals surface area contributed by atoms with E-state index in [0.29, 0.717) is 17.0 Å². The molecule has 1 aliphatic rings. The lowest BCUT2D eigenvalue weighted by Crippen LogP contribution is -2.15. The highest BCUT2D eigenvalue weighted by molar-refractivity contribution is 7.99. The molecule has 0 spiro atoms. The standard InChI is InChI=1S/C17H22F4S.C7H6O2/c1-2-3-4-11-5-7-12(8-6-11)13-9-10-14(22-17(20)21)16(19)15(13)18;8-7(9)6-4-2-1-3-5-6/h9-12,17H,2-8H2,1H3;1-5H,(H,8,9)/t11-,12-;. The van der Waals surface area contributed by atoms with Crippen molar-refractivity contribution in [1.82, 2.24) is 0 Å². The smallest absolute Gasteiger partial charge is 0.335 e. The lowest BCUT2D eigenvalue weighted by Gasteiger charge is -2.29. The molecule has 0 heterocycles. The zero-order valence-electron chi connectivity index (χ0n) is 17.5. The summed E-state index contributed by atoms with van der Waals surface area (Å²) < 4.78 is 52.7. The Bertz CT molecular complexity index is 822. The molecule has 0 unspecified atom stereocenters. The van der Waals surface area contributed by atoms with Crippen molar-refractivity contribution in [3.63, 3.8) is 0 Å². The van der Waals surface area contributed by atoms with Crippen LogP contribution in [0.5, 0.6) is 0 Å². The van der Waals surface area contributed by atoms with Gasteiger partial charge in [0, 0.05) is 0 Å². The molecule has 0 radical (unpaired) electrons. The Kier molecular flexibility index (Phi) is 10.4. The normalized spacial score (nSPS) is 18.4. The molecule has 2 aromatic carbocycles. The Labute approximate surface area is 185 Å². The van der Waals surface area contributed by atoms with E-state index in [2.05, 4.69) is 6.92 Å². The first-order chi connectivity index (χ1) is 14.8. The summed E-state index contributed by atoms with van der Waals surface area (Å²) in [5, 5.41) is 8.38. The summed E-state index contributed by atoms with van der Waals surface area (Å²) >= 11 is 0.0557. The second-order valence-electron chi connectivity index (χ2n) is 7.69. The Morgan fingerprint density at radius 3 is 2.19 bits per heavy atom. The maximum absolute atomic E-state index is 14.2. The fraction of sp³-hybridized carbons (Fsp3) is 0.458. The number of carboxylic acids is 1. The van der Waals surface area contributed by atoms with Crippen molar-refractivity contribution in [2.24, 2.45) is 5.92 Å². The monoisotopic (exact) mass is 456 g/mol. The highest BCUT2D eigenvalue weighted by Gasteiger charge is 2.26. The third kappa shape index (κ3) is 7.87. The number of benzene rings is 2. The molecule has 7 heteroatoms. The van der Waals surface area contributed by atoms with Gasteiger partial charge in [0.05, 0.1) is 10.5 Å². The van der Waals surface area contributed by atoms with E-state index in [1.165, 1.54) is 31.4 Å². The van der Waals surface area contributed by atoms with E-state index in [9.17, 15) is 22.4 Å². The van der Waals surface area contributed by atoms with Crippen molar-refractivity contribution in [2.75, 3.05) is 0 Å². The van der Waals surface area contributed by atoms with Gasteiger partial charge >= 0.3 is 5.97 Å². The molecule has 170 valence electrons. The summed E-state index contributed by atoms with van der Waals surface area (Å²) in [6.45, 7) is 2.17. The first-order valence-corrected chi connectivity index (χ1v) is 11.4. The van der Waals surface area contributed by atoms with Crippen LogP contribution >= 0.6 is 11.8 Å². The van der Waals surface area contributed by atoms with Gasteiger partial charge in [-0.1, -0.05) is 62.2 Å². The van der Waals surface area contributed by atoms with Crippen molar-refractivity contribution >= 4 is 17.7 Å². The summed E-state index contributed by atoms with van der Waals surface area (Å²) in [5.74, 6) is -4.99. The lowest BCUT2D eigenvalue weighted by molar-refractivity contribution is 0.0697. The van der Waals surface area contributed by atoms with Crippen molar-refractivity contribution in [3.8, 4) is 0 Å². The van der Waals surface area contributed by atoms with Gasteiger partial charge in [0.2, 0.25) is 0 Å². The third-order valence-electron chi connectivity index (χ3n) is 5.57. The molecule has 1 saturated carbocycles. The summed E-state index contributed by atoms with van der Waals surface area (Å²) in [6.07, 6.45) is 7.40. The summed E-state index contributed by atoms with van der Waals surface area (Å²) in [6, 6.07) is 11.1. The number of rotatable bonds is 7. The fourth-order valence-electron chi connectivity index (χ4n) is 3.88. The van der Waals surface area contributed by atoms with Crippen LogP contribution in [-0.4, -0.2) is 16.8 Å². The predicted molar refractivity (Wildman–Crippen MR) is 116 cm³/mol. The van der Waals surface area contributed by atoms with E-state index in [1.54, 1.807) is 30.3 Å². The van der Waals surface area contributed by atoms with E-state index in [-0.39, 0.29) is 22.6 Å². The summed E-state index contributed by atoms with van der Waals surface area (Å²) in [7, 11) is 0. The highest BCUT2D eigenvalue weighted by Crippen LogP contribution is 2.40. The van der Waals surface area contributed by atoms with E-state index < -0.39 is 23.4 Å². The number of thioether (sulfide) groups is 1. The number of hydrogen-bond donors (Lipinski definition) is 1. The Morgan fingerprint density at radius 2 is 1.68 bits per heavy atom. The quantitative estimate of drug-likeness (QED) is 0.338. The second kappa shape index (κ2) is 12.7. The minimum atomic E-state index is -2.74. The van der Waals surface area contributed by atoms with Crippen LogP contribution in [0.4, 0.5) is 17.6 Å². The average molecular weight is 457 g/mol. The average Bonchev–Trinajstić information content (AvgIpc) is 2.77. The molecule has 0 amide bonds. The molecule has 2 aromatic rings. The van der Waals surface area contributed by atoms with Crippen LogP contribution < -0.4 is 0 Å². The van der Waals surface area contributed by atoms with Gasteiger partial charge in [-0.15, -0.1) is 0 Å². The van der Waals surface area contributed by atoms with Crippen LogP contribution in [-0.2, 0) is 0 Å². The Hall–Kier alpha value is -2.02. The van der Waals surface area contributed by atoms with Gasteiger partial charge < -0.3 is 5.11 Å². The van der Waals surface area contributed by atoms with Crippen LogP contribution in [0, 0.1) is 17.6 Å². The number of unbranched alkanes of at least 4 members (excludes halogenated alkanes) is 1. The molecule has 1 fully saturated rings. The first-order valence-electron chi connectivity index (χ1n) is 10.5. The summed E-state index contributed by atoms with van der Waals surface area (Å²) in [4.78, 5) is 9.89. The van der Waals surface area contributed by atoms with E-state index in [0.717, 1.165) is 25.7 Å². The number of halogens is 4. The molecule has 31 heavy (non-hydrogen) atoms. The molecule has 0 bridgehead atoms. The molecule has 0 atom stereocenters. The third-order valence-corrected chi connectivity index (χ3v) is 6.31. The summed E-state index contributed by atoms with van der Waals surface area (Å²) in [5.41, 5.74) is 0.683. The SMILES string of the molecule is CCCC[C@H]1CC[C@H](c2ccc(SC(F)F)c(F)c2F)CC1.O=C(O)c1ccccc1. The maximum atomic E-state index is 14.2. The largest absolute Gasteiger partial charge is 0.478 e. The minimum Gasteiger partial charge on any atom is -0.478 e. The van der Waals surface area contributed by atoms with E-state index >= 15 is 0 Å². The van der Waals surface area contributed by atoms with Gasteiger partial charge in [-0.3, -0.25) is 0 Å². The molecule has 1 N–H and O–H groups in total. The van der Waals surface area contributed by atoms with E-state index in [1.807, 2.05) is 0 Å². The number of carboxylic acid groups (broad SMARTS) is 1. The first kappa shape index (κ1) is 25.2. The van der Waals surface area contributed by atoms with Crippen LogP contribution in [0.2, 0.25) is 0 Å². The van der Waals surface area contributed by atoms with Crippen molar-refractivity contribution < 1.29 is 27.5 Å². The second-order valence-corrected chi connectivity index (χ2v) is 8.72. The highest BCUT2D eigenvalue weighted by atomic mass is 32.2. The molecule has 3 rings (SSSR count). The maximum Gasteiger partial charge on any atom is 0.335 e. The molecule has 0 aromatic heterocycles. The van der Waals surface area contributed by atoms with Crippen molar-refractivity contribution in [1.29, 1.82) is 0 Å². The van der Waals surface area contributed by atoms with Gasteiger partial charge in [0.25, 0.3) is 5.76 Å². The number of aromatic carboxylic acids is 1. The van der Waals surface area contributed by atoms with Crippen molar-refractivity contribution in [2.45, 2.75) is 68.4 Å². The van der Waals surface area contributed by atoms with Gasteiger partial charge in [-0.05, 0) is 61.3 Å². The van der Waals surface area contributed by atoms with Crippen LogP contribution in [0.1, 0.15) is 73.7 Å². The topological polar surface area (TPSA) is 37.3 Å².